The molecule has 0 aromatic heterocycles. The van der Waals surface area contributed by atoms with E-state index >= 15 is 0 Å². The van der Waals surface area contributed by atoms with Crippen LogP contribution in [0.3, 0.4) is 0 Å². The Balaban J connectivity index is 2.34. The quantitative estimate of drug-likeness (QED) is 0.0262. The van der Waals surface area contributed by atoms with E-state index in [2.05, 4.69) is 116 Å². The van der Waals surface area contributed by atoms with Gasteiger partial charge >= 0.3 is 0 Å². The molecule has 0 aromatic carbocycles. The van der Waals surface area contributed by atoms with Gasteiger partial charge in [-0.25, -0.2) is 0 Å². The van der Waals surface area contributed by atoms with Crippen molar-refractivity contribution in [3.63, 3.8) is 0 Å². The first-order chi connectivity index (χ1) is 32.3. The zero-order valence-electron chi connectivity index (χ0n) is 41.4. The number of carbonyl (C=O) groups excluding carboxylic acids is 1. The van der Waals surface area contributed by atoms with E-state index in [1.165, 1.54) is 77.0 Å². The first-order valence-electron chi connectivity index (χ1n) is 26.1. The third kappa shape index (κ3) is 35.1. The van der Waals surface area contributed by atoms with Crippen LogP contribution in [0.25, 0.3) is 0 Å². The SMILES string of the molecule is CC/C=C\C/C=C\C/C=C\C/C=C\C/C=C\C/C=C\C/C=C\C/C=C\CCCCC(=O)NC(COC1OC(CO)C(O)C(O)C1O)C(O)/C=C/CCCCCCCCCCCCCCCC. The van der Waals surface area contributed by atoms with E-state index in [1.807, 2.05) is 6.08 Å². The summed E-state index contributed by atoms with van der Waals surface area (Å²) in [6.07, 6.45) is 59.9. The Morgan fingerprint density at radius 1 is 0.530 bits per heavy atom. The minimum atomic E-state index is -1.58. The molecule has 7 unspecified atom stereocenters. The third-order valence-electron chi connectivity index (χ3n) is 11.6. The molecular formula is C57H95NO8. The summed E-state index contributed by atoms with van der Waals surface area (Å²) in [6, 6.07) is -0.836. The predicted octanol–water partition coefficient (Wildman–Crippen LogP) is 12.2. The average Bonchev–Trinajstić information content (AvgIpc) is 3.32. The second-order valence-corrected chi connectivity index (χ2v) is 17.6. The van der Waals surface area contributed by atoms with Crippen molar-refractivity contribution in [1.29, 1.82) is 0 Å². The van der Waals surface area contributed by atoms with Gasteiger partial charge in [-0.1, -0.05) is 207 Å². The molecular weight excluding hydrogens is 827 g/mol. The number of ether oxygens (including phenoxy) is 2. The minimum Gasteiger partial charge on any atom is -0.394 e. The molecule has 1 aliphatic heterocycles. The van der Waals surface area contributed by atoms with Crippen LogP contribution in [0, 0.1) is 0 Å². The van der Waals surface area contributed by atoms with E-state index in [-0.39, 0.29) is 18.9 Å². The molecule has 7 atom stereocenters. The fourth-order valence-electron chi connectivity index (χ4n) is 7.46. The lowest BCUT2D eigenvalue weighted by Gasteiger charge is -2.40. The average molecular weight is 922 g/mol. The first kappa shape index (κ1) is 60.9. The highest BCUT2D eigenvalue weighted by Gasteiger charge is 2.44. The van der Waals surface area contributed by atoms with Crippen LogP contribution in [0.1, 0.15) is 187 Å². The van der Waals surface area contributed by atoms with E-state index < -0.39 is 49.5 Å². The molecule has 1 fully saturated rings. The number of hydrogen-bond acceptors (Lipinski definition) is 8. The fourth-order valence-corrected chi connectivity index (χ4v) is 7.46. The molecule has 0 aromatic rings. The first-order valence-corrected chi connectivity index (χ1v) is 26.1. The van der Waals surface area contributed by atoms with E-state index in [0.29, 0.717) is 6.42 Å². The zero-order chi connectivity index (χ0) is 48.0. The largest absolute Gasteiger partial charge is 0.394 e. The molecule has 0 aliphatic carbocycles. The number of carbonyl (C=O) groups is 1. The maximum atomic E-state index is 13.0. The molecule has 9 heteroatoms. The van der Waals surface area contributed by atoms with Gasteiger partial charge < -0.3 is 40.3 Å². The van der Waals surface area contributed by atoms with Crippen LogP contribution in [0.2, 0.25) is 0 Å². The lowest BCUT2D eigenvalue weighted by molar-refractivity contribution is -0.302. The highest BCUT2D eigenvalue weighted by atomic mass is 16.7. The smallest absolute Gasteiger partial charge is 0.220 e. The standard InChI is InChI=1S/C57H95NO8/c1-3-5-7-9-11-13-15-17-19-21-22-23-24-25-26-27-28-29-30-31-33-35-37-39-41-43-45-47-53(61)58-50(49-65-57-56(64)55(63)54(62)52(48-59)66-57)51(60)46-44-42-40-38-36-34-32-20-18-16-14-12-10-8-6-4-2/h5,7,11,13,17,19,22-23,25-26,28-29,31,33,37,39,44,46,50-52,54-57,59-60,62-64H,3-4,6,8-10,12,14-16,18,20-21,24,27,30,32,34-36,38,40-43,45,47-49H2,1-2H3,(H,58,61)/b7-5-,13-11-,19-17-,23-22-,26-25-,29-28-,33-31-,39-37-,46-44+. The van der Waals surface area contributed by atoms with Gasteiger partial charge in [0.2, 0.25) is 5.91 Å². The van der Waals surface area contributed by atoms with Gasteiger partial charge in [-0.3, -0.25) is 4.79 Å². The number of rotatable bonds is 42. The highest BCUT2D eigenvalue weighted by Crippen LogP contribution is 2.22. The Morgan fingerprint density at radius 2 is 0.939 bits per heavy atom. The Morgan fingerprint density at radius 3 is 1.39 bits per heavy atom. The van der Waals surface area contributed by atoms with Gasteiger partial charge in [-0.15, -0.1) is 0 Å². The van der Waals surface area contributed by atoms with E-state index in [1.54, 1.807) is 6.08 Å². The second kappa shape index (κ2) is 45.6. The number of amides is 1. The molecule has 0 radical (unpaired) electrons. The van der Waals surface area contributed by atoms with Crippen LogP contribution in [0.15, 0.2) is 109 Å². The molecule has 6 N–H and O–H groups in total. The Labute approximate surface area is 402 Å². The van der Waals surface area contributed by atoms with Crippen LogP contribution >= 0.6 is 0 Å². The van der Waals surface area contributed by atoms with E-state index in [4.69, 9.17) is 9.47 Å². The molecule has 0 bridgehead atoms. The second-order valence-electron chi connectivity index (χ2n) is 17.6. The number of nitrogens with one attached hydrogen (secondary N) is 1. The summed E-state index contributed by atoms with van der Waals surface area (Å²) in [5, 5.41) is 54.3. The van der Waals surface area contributed by atoms with Crippen molar-refractivity contribution in [3.05, 3.63) is 109 Å². The van der Waals surface area contributed by atoms with Gasteiger partial charge in [0.15, 0.2) is 6.29 Å². The number of aliphatic hydroxyl groups is 5. The van der Waals surface area contributed by atoms with Gasteiger partial charge in [-0.05, 0) is 83.5 Å². The van der Waals surface area contributed by atoms with Gasteiger partial charge in [0, 0.05) is 6.42 Å². The lowest BCUT2D eigenvalue weighted by Crippen LogP contribution is -2.60. The lowest BCUT2D eigenvalue weighted by atomic mass is 9.99. The number of hydrogen-bond donors (Lipinski definition) is 6. The van der Waals surface area contributed by atoms with Gasteiger partial charge in [0.25, 0.3) is 0 Å². The summed E-state index contributed by atoms with van der Waals surface area (Å²) in [7, 11) is 0. The topological polar surface area (TPSA) is 149 Å². The van der Waals surface area contributed by atoms with Crippen molar-refractivity contribution in [3.8, 4) is 0 Å². The van der Waals surface area contributed by atoms with Crippen molar-refractivity contribution in [2.75, 3.05) is 13.2 Å². The Bertz CT molecular complexity index is 1390. The molecule has 9 nitrogen and oxygen atoms in total. The summed E-state index contributed by atoms with van der Waals surface area (Å²) in [6.45, 7) is 3.62. The molecule has 0 saturated carbocycles. The fraction of sp³-hybridized carbons (Fsp3) is 0.667. The molecule has 0 spiro atoms. The number of allylic oxidation sites excluding steroid dienone is 17. The van der Waals surface area contributed by atoms with Crippen molar-refractivity contribution in [1.82, 2.24) is 5.32 Å². The number of unbranched alkanes of at least 4 members (excludes halogenated alkanes) is 16. The summed E-state index contributed by atoms with van der Waals surface area (Å²) in [5.41, 5.74) is 0. The summed E-state index contributed by atoms with van der Waals surface area (Å²) in [5.74, 6) is -0.224. The van der Waals surface area contributed by atoms with Crippen molar-refractivity contribution in [2.24, 2.45) is 0 Å². The van der Waals surface area contributed by atoms with Gasteiger partial charge in [-0.2, -0.15) is 0 Å². The van der Waals surface area contributed by atoms with Gasteiger partial charge in [0.05, 0.1) is 25.4 Å². The summed E-state index contributed by atoms with van der Waals surface area (Å²) in [4.78, 5) is 13.0. The molecule has 66 heavy (non-hydrogen) atoms. The van der Waals surface area contributed by atoms with E-state index in [0.717, 1.165) is 83.5 Å². The van der Waals surface area contributed by atoms with Crippen LogP contribution in [-0.2, 0) is 14.3 Å². The van der Waals surface area contributed by atoms with Crippen molar-refractivity contribution >= 4 is 5.91 Å². The summed E-state index contributed by atoms with van der Waals surface area (Å²) >= 11 is 0. The van der Waals surface area contributed by atoms with E-state index in [9.17, 15) is 30.3 Å². The molecule has 376 valence electrons. The predicted molar refractivity (Wildman–Crippen MR) is 276 cm³/mol. The van der Waals surface area contributed by atoms with Crippen LogP contribution in [-0.4, -0.2) is 87.5 Å². The molecule has 1 rings (SSSR count). The van der Waals surface area contributed by atoms with Gasteiger partial charge in [0.1, 0.15) is 24.4 Å². The van der Waals surface area contributed by atoms with Crippen LogP contribution < -0.4 is 5.32 Å². The summed E-state index contributed by atoms with van der Waals surface area (Å²) < 4.78 is 11.2. The zero-order valence-corrected chi connectivity index (χ0v) is 41.4. The number of aliphatic hydroxyl groups excluding tert-OH is 5. The molecule has 1 amide bonds. The maximum absolute atomic E-state index is 13.0. The van der Waals surface area contributed by atoms with Crippen LogP contribution in [0.4, 0.5) is 0 Å². The van der Waals surface area contributed by atoms with Crippen molar-refractivity contribution in [2.45, 2.75) is 230 Å². The molecule has 1 heterocycles. The monoisotopic (exact) mass is 922 g/mol. The minimum absolute atomic E-state index is 0.213. The highest BCUT2D eigenvalue weighted by molar-refractivity contribution is 5.76. The Kier molecular flexibility index (Phi) is 42.1. The Hall–Kier alpha value is -3.15. The van der Waals surface area contributed by atoms with Crippen LogP contribution in [0.5, 0.6) is 0 Å². The molecule has 1 saturated heterocycles. The molecule has 1 aliphatic rings. The third-order valence-corrected chi connectivity index (χ3v) is 11.6. The maximum Gasteiger partial charge on any atom is 0.220 e. The normalized spacial score (nSPS) is 20.7. The van der Waals surface area contributed by atoms with Crippen molar-refractivity contribution < 1.29 is 39.8 Å².